The standard InChI is InChI=1S/C25H19Cl2F3N4O4/c1-12-19(24(36)34(33(12)2)21-17(26)7-4-8-18(21)27)31-23(35)20-16-6-3-5-13-11-14(37-25(28,29)30)9-10-15(13)22(16)38-32-20/h4,7-11H,3,5-6H2,1-2H3,(H,31,35). The summed E-state index contributed by atoms with van der Waals surface area (Å²) < 4.78 is 50.2. The number of benzene rings is 2. The van der Waals surface area contributed by atoms with Gasteiger partial charge in [-0.25, -0.2) is 4.68 Å². The van der Waals surface area contributed by atoms with Crippen molar-refractivity contribution in [3.8, 4) is 22.8 Å². The number of carbonyl (C=O) groups is 1. The van der Waals surface area contributed by atoms with Crippen LogP contribution in [0.1, 0.15) is 33.7 Å². The Kier molecular flexibility index (Phi) is 6.52. The van der Waals surface area contributed by atoms with Crippen LogP contribution in [-0.4, -0.2) is 26.8 Å². The molecular formula is C25H19Cl2F3N4O4. The van der Waals surface area contributed by atoms with E-state index in [2.05, 4.69) is 15.2 Å². The molecule has 2 aromatic carbocycles. The van der Waals surface area contributed by atoms with E-state index in [0.717, 1.165) is 0 Å². The third-order valence-corrected chi connectivity index (χ3v) is 6.98. The first kappa shape index (κ1) is 25.9. The number of hydrogen-bond donors (Lipinski definition) is 1. The molecule has 0 radical (unpaired) electrons. The van der Waals surface area contributed by atoms with Gasteiger partial charge in [0.15, 0.2) is 11.5 Å². The Morgan fingerprint density at radius 1 is 1.16 bits per heavy atom. The summed E-state index contributed by atoms with van der Waals surface area (Å²) in [6.45, 7) is 1.65. The lowest BCUT2D eigenvalue weighted by Crippen LogP contribution is -2.24. The summed E-state index contributed by atoms with van der Waals surface area (Å²) in [5, 5.41) is 7.07. The van der Waals surface area contributed by atoms with E-state index in [1.54, 1.807) is 32.2 Å². The van der Waals surface area contributed by atoms with Crippen LogP contribution in [0, 0.1) is 6.92 Å². The minimum Gasteiger partial charge on any atom is -0.406 e. The normalized spacial score (nSPS) is 13.0. The number of rotatable bonds is 4. The monoisotopic (exact) mass is 566 g/mol. The highest BCUT2D eigenvalue weighted by molar-refractivity contribution is 6.37. The number of fused-ring (bicyclic) bond motifs is 3. The topological polar surface area (TPSA) is 91.3 Å². The van der Waals surface area contributed by atoms with Crippen LogP contribution in [0.15, 0.2) is 45.7 Å². The highest BCUT2D eigenvalue weighted by atomic mass is 35.5. The second-order valence-electron chi connectivity index (χ2n) is 8.68. The molecule has 0 saturated carbocycles. The molecule has 2 heterocycles. The number of carbonyl (C=O) groups excluding carboxylic acids is 1. The molecule has 2 aromatic heterocycles. The molecule has 1 amide bonds. The van der Waals surface area contributed by atoms with Crippen molar-refractivity contribution in [2.45, 2.75) is 32.5 Å². The average Bonchev–Trinajstić information content (AvgIpc) is 3.27. The first-order valence-electron chi connectivity index (χ1n) is 11.4. The number of aromatic nitrogens is 3. The van der Waals surface area contributed by atoms with Gasteiger partial charge < -0.3 is 14.6 Å². The molecule has 0 fully saturated rings. The zero-order chi connectivity index (χ0) is 27.4. The molecule has 0 unspecified atom stereocenters. The average molecular weight is 567 g/mol. The van der Waals surface area contributed by atoms with Gasteiger partial charge in [0.25, 0.3) is 11.5 Å². The summed E-state index contributed by atoms with van der Waals surface area (Å²) in [6, 6.07) is 8.76. The fraction of sp³-hybridized carbons (Fsp3) is 0.240. The van der Waals surface area contributed by atoms with Crippen LogP contribution in [0.4, 0.5) is 18.9 Å². The Bertz CT molecular complexity index is 1620. The highest BCUT2D eigenvalue weighted by Crippen LogP contribution is 2.37. The zero-order valence-corrected chi connectivity index (χ0v) is 21.5. The van der Waals surface area contributed by atoms with Crippen molar-refractivity contribution in [3.63, 3.8) is 0 Å². The molecule has 8 nitrogen and oxygen atoms in total. The third kappa shape index (κ3) is 4.56. The summed E-state index contributed by atoms with van der Waals surface area (Å²) in [6.07, 6.45) is -3.46. The van der Waals surface area contributed by atoms with Gasteiger partial charge >= 0.3 is 6.36 Å². The quantitative estimate of drug-likeness (QED) is 0.323. The SMILES string of the molecule is Cc1c(NC(=O)c2noc3c2CCCc2cc(OC(F)(F)F)ccc2-3)c(=O)n(-c2c(Cl)cccc2Cl)n1C. The van der Waals surface area contributed by atoms with Crippen LogP contribution in [-0.2, 0) is 19.9 Å². The van der Waals surface area contributed by atoms with Crippen LogP contribution in [0.3, 0.4) is 0 Å². The van der Waals surface area contributed by atoms with Crippen LogP contribution >= 0.6 is 23.2 Å². The zero-order valence-electron chi connectivity index (χ0n) is 19.9. The molecule has 0 spiro atoms. The van der Waals surface area contributed by atoms with Crippen molar-refractivity contribution in [2.24, 2.45) is 7.05 Å². The molecule has 1 aliphatic carbocycles. The number of hydrogen-bond acceptors (Lipinski definition) is 5. The molecule has 38 heavy (non-hydrogen) atoms. The fourth-order valence-corrected chi connectivity index (χ4v) is 5.11. The predicted molar refractivity (Wildman–Crippen MR) is 134 cm³/mol. The first-order valence-corrected chi connectivity index (χ1v) is 12.1. The number of amides is 1. The fourth-order valence-electron chi connectivity index (χ4n) is 4.55. The van der Waals surface area contributed by atoms with Gasteiger partial charge in [0.05, 0.1) is 15.7 Å². The van der Waals surface area contributed by atoms with E-state index in [9.17, 15) is 22.8 Å². The number of halogens is 5. The minimum absolute atomic E-state index is 0.00759. The molecular weight excluding hydrogens is 548 g/mol. The summed E-state index contributed by atoms with van der Waals surface area (Å²) in [4.78, 5) is 26.6. The lowest BCUT2D eigenvalue weighted by atomic mass is 10.0. The number of anilines is 1. The second kappa shape index (κ2) is 9.55. The van der Waals surface area contributed by atoms with Crippen LogP contribution < -0.4 is 15.6 Å². The Balaban J connectivity index is 1.49. The Labute approximate surface area is 223 Å². The molecule has 0 saturated heterocycles. The molecule has 13 heteroatoms. The molecule has 0 bridgehead atoms. The number of nitrogens with zero attached hydrogens (tertiary/aromatic N) is 3. The van der Waals surface area contributed by atoms with Crippen molar-refractivity contribution >= 4 is 34.8 Å². The van der Waals surface area contributed by atoms with Crippen molar-refractivity contribution < 1.29 is 27.2 Å². The Morgan fingerprint density at radius 3 is 2.55 bits per heavy atom. The third-order valence-electron chi connectivity index (χ3n) is 6.37. The van der Waals surface area contributed by atoms with Gasteiger partial charge in [-0.2, -0.15) is 0 Å². The number of alkyl halides is 3. The number of aryl methyl sites for hydroxylation is 1. The largest absolute Gasteiger partial charge is 0.573 e. The van der Waals surface area contributed by atoms with Gasteiger partial charge in [-0.05, 0) is 62.1 Å². The van der Waals surface area contributed by atoms with Gasteiger partial charge in [-0.1, -0.05) is 34.4 Å². The van der Waals surface area contributed by atoms with E-state index in [1.165, 1.54) is 27.6 Å². The van der Waals surface area contributed by atoms with E-state index in [0.29, 0.717) is 41.6 Å². The molecule has 198 valence electrons. The molecule has 0 atom stereocenters. The van der Waals surface area contributed by atoms with Gasteiger partial charge in [-0.3, -0.25) is 14.3 Å². The molecule has 4 aromatic rings. The van der Waals surface area contributed by atoms with E-state index in [4.69, 9.17) is 27.7 Å². The van der Waals surface area contributed by atoms with Gasteiger partial charge in [0.1, 0.15) is 17.1 Å². The minimum atomic E-state index is -4.81. The molecule has 1 aliphatic rings. The van der Waals surface area contributed by atoms with Crippen molar-refractivity contribution in [3.05, 3.63) is 79.3 Å². The number of nitrogens with one attached hydrogen (secondary N) is 1. The molecule has 0 aliphatic heterocycles. The predicted octanol–water partition coefficient (Wildman–Crippen LogP) is 6.09. The van der Waals surface area contributed by atoms with Gasteiger partial charge in [0.2, 0.25) is 0 Å². The second-order valence-corrected chi connectivity index (χ2v) is 9.50. The van der Waals surface area contributed by atoms with Crippen molar-refractivity contribution in [1.82, 2.24) is 14.5 Å². The summed E-state index contributed by atoms with van der Waals surface area (Å²) >= 11 is 12.6. The van der Waals surface area contributed by atoms with E-state index in [-0.39, 0.29) is 38.6 Å². The van der Waals surface area contributed by atoms with Crippen molar-refractivity contribution in [1.29, 1.82) is 0 Å². The van der Waals surface area contributed by atoms with E-state index >= 15 is 0 Å². The Hall–Kier alpha value is -3.70. The van der Waals surface area contributed by atoms with E-state index < -0.39 is 17.8 Å². The highest BCUT2D eigenvalue weighted by Gasteiger charge is 2.32. The maximum atomic E-state index is 13.3. The maximum Gasteiger partial charge on any atom is 0.573 e. The molecule has 5 rings (SSSR count). The van der Waals surface area contributed by atoms with Crippen LogP contribution in [0.5, 0.6) is 5.75 Å². The number of para-hydroxylation sites is 1. The van der Waals surface area contributed by atoms with Gasteiger partial charge in [0, 0.05) is 18.2 Å². The summed E-state index contributed by atoms with van der Waals surface area (Å²) in [5.74, 6) is -0.725. The lowest BCUT2D eigenvalue weighted by molar-refractivity contribution is -0.274. The van der Waals surface area contributed by atoms with Gasteiger partial charge in [-0.15, -0.1) is 13.2 Å². The number of ether oxygens (including phenoxy) is 1. The summed E-state index contributed by atoms with van der Waals surface area (Å²) in [5.41, 5.74) is 1.74. The lowest BCUT2D eigenvalue weighted by Gasteiger charge is -2.11. The van der Waals surface area contributed by atoms with Crippen LogP contribution in [0.2, 0.25) is 10.0 Å². The smallest absolute Gasteiger partial charge is 0.406 e. The maximum absolute atomic E-state index is 13.3. The molecule has 1 N–H and O–H groups in total. The van der Waals surface area contributed by atoms with Crippen molar-refractivity contribution in [2.75, 3.05) is 5.32 Å². The van der Waals surface area contributed by atoms with Crippen LogP contribution in [0.25, 0.3) is 17.0 Å². The Morgan fingerprint density at radius 2 is 1.87 bits per heavy atom. The summed E-state index contributed by atoms with van der Waals surface area (Å²) in [7, 11) is 1.63. The van der Waals surface area contributed by atoms with E-state index in [1.807, 2.05) is 0 Å². The first-order chi connectivity index (χ1) is 18.0.